The van der Waals surface area contributed by atoms with Gasteiger partial charge in [-0.3, -0.25) is 4.79 Å². The Balaban J connectivity index is 0. The van der Waals surface area contributed by atoms with Crippen LogP contribution in [0.2, 0.25) is 0 Å². The number of hydrogen-bond acceptors (Lipinski definition) is 4. The summed E-state index contributed by atoms with van der Waals surface area (Å²) < 4.78 is 0. The van der Waals surface area contributed by atoms with Gasteiger partial charge in [0.05, 0.1) is 5.69 Å². The summed E-state index contributed by atoms with van der Waals surface area (Å²) in [4.78, 5) is 12.9. The zero-order valence-electron chi connectivity index (χ0n) is 19.7. The van der Waals surface area contributed by atoms with Crippen molar-refractivity contribution in [2.24, 2.45) is 10.7 Å². The number of hydrogen-bond donors (Lipinski definition) is 4. The number of nitrogens with two attached hydrogens (primary N) is 2. The summed E-state index contributed by atoms with van der Waals surface area (Å²) in [6.07, 6.45) is 5.90. The largest absolute Gasteiger partial charge is 0.483 e. The average molecular weight is 417 g/mol. The van der Waals surface area contributed by atoms with Gasteiger partial charge < -0.3 is 22.0 Å². The number of allylic oxidation sites excluding steroid dienone is 2. The Kier molecular flexibility index (Phi) is 16.6. The van der Waals surface area contributed by atoms with Gasteiger partial charge in [-0.05, 0) is 70.2 Å². The minimum absolute atomic E-state index is 0.250. The Morgan fingerprint density at radius 1 is 1.13 bits per heavy atom. The van der Waals surface area contributed by atoms with E-state index < -0.39 is 0 Å². The molecule has 0 aliphatic heterocycles. The van der Waals surface area contributed by atoms with E-state index in [0.29, 0.717) is 17.1 Å². The van der Waals surface area contributed by atoms with Crippen molar-refractivity contribution in [1.29, 1.82) is 5.41 Å². The second-order valence-electron chi connectivity index (χ2n) is 6.40. The first-order chi connectivity index (χ1) is 14.3. The van der Waals surface area contributed by atoms with Crippen molar-refractivity contribution in [1.82, 2.24) is 0 Å². The number of carboxylic acid groups (broad SMARTS) is 1. The summed E-state index contributed by atoms with van der Waals surface area (Å²) in [6, 6.07) is 5.39. The third-order valence-electron chi connectivity index (χ3n) is 4.28. The number of rotatable bonds is 4. The average Bonchev–Trinajstić information content (AvgIpc) is 2.74. The lowest BCUT2D eigenvalue weighted by molar-refractivity contribution is -0.122. The molecular formula is C24H40N4O2. The summed E-state index contributed by atoms with van der Waals surface area (Å²) in [5.74, 6) is 0.543. The SMILES string of the molecule is CC.CC.CC(C)=C(C(N)=Nc1ccc(N)c(C=N)c1)C1=C(C)CCCC1.O=CO. The number of aliphatic imine (C=N–C) groups is 1. The Morgan fingerprint density at radius 3 is 2.13 bits per heavy atom. The van der Waals surface area contributed by atoms with Crippen LogP contribution in [0, 0.1) is 5.41 Å². The van der Waals surface area contributed by atoms with Crippen molar-refractivity contribution in [3.8, 4) is 0 Å². The molecule has 0 atom stereocenters. The molecule has 6 nitrogen and oxygen atoms in total. The van der Waals surface area contributed by atoms with E-state index in [0.717, 1.165) is 24.1 Å². The summed E-state index contributed by atoms with van der Waals surface area (Å²) in [7, 11) is 0. The highest BCUT2D eigenvalue weighted by atomic mass is 16.3. The van der Waals surface area contributed by atoms with Crippen molar-refractivity contribution < 1.29 is 9.90 Å². The highest BCUT2D eigenvalue weighted by Crippen LogP contribution is 2.32. The van der Waals surface area contributed by atoms with Crippen molar-refractivity contribution >= 4 is 29.9 Å². The summed E-state index contributed by atoms with van der Waals surface area (Å²) in [5.41, 5.74) is 19.2. The molecule has 0 aromatic heterocycles. The molecule has 2 rings (SSSR count). The molecule has 0 saturated carbocycles. The maximum absolute atomic E-state index is 8.36. The summed E-state index contributed by atoms with van der Waals surface area (Å²) >= 11 is 0. The van der Waals surface area contributed by atoms with E-state index in [2.05, 4.69) is 25.8 Å². The van der Waals surface area contributed by atoms with Gasteiger partial charge in [0.1, 0.15) is 5.84 Å². The first-order valence-corrected chi connectivity index (χ1v) is 10.5. The van der Waals surface area contributed by atoms with Crippen LogP contribution in [0.25, 0.3) is 0 Å². The van der Waals surface area contributed by atoms with Crippen molar-refractivity contribution in [3.63, 3.8) is 0 Å². The van der Waals surface area contributed by atoms with Gasteiger partial charge in [0.25, 0.3) is 6.47 Å². The van der Waals surface area contributed by atoms with Gasteiger partial charge in [0.2, 0.25) is 0 Å². The minimum atomic E-state index is -0.250. The number of nitrogens with one attached hydrogen (secondary N) is 1. The molecule has 0 fully saturated rings. The van der Waals surface area contributed by atoms with Crippen LogP contribution in [0.3, 0.4) is 0 Å². The van der Waals surface area contributed by atoms with Gasteiger partial charge >= 0.3 is 0 Å². The molecule has 0 bridgehead atoms. The maximum Gasteiger partial charge on any atom is 0.290 e. The van der Waals surface area contributed by atoms with E-state index in [4.69, 9.17) is 26.8 Å². The number of carbonyl (C=O) groups is 1. The van der Waals surface area contributed by atoms with Gasteiger partial charge in [-0.25, -0.2) is 4.99 Å². The lowest BCUT2D eigenvalue weighted by Crippen LogP contribution is -2.19. The zero-order valence-corrected chi connectivity index (χ0v) is 19.7. The van der Waals surface area contributed by atoms with Crippen molar-refractivity contribution in [2.45, 2.75) is 74.1 Å². The lowest BCUT2D eigenvalue weighted by Gasteiger charge is -2.21. The lowest BCUT2D eigenvalue weighted by atomic mass is 9.86. The van der Waals surface area contributed by atoms with Crippen LogP contribution < -0.4 is 11.5 Å². The quantitative estimate of drug-likeness (QED) is 0.201. The van der Waals surface area contributed by atoms with Crippen LogP contribution in [-0.4, -0.2) is 23.6 Å². The molecule has 1 aliphatic carbocycles. The molecule has 1 aromatic carbocycles. The molecule has 30 heavy (non-hydrogen) atoms. The zero-order chi connectivity index (χ0) is 23.7. The van der Waals surface area contributed by atoms with Gasteiger partial charge in [-0.2, -0.15) is 0 Å². The summed E-state index contributed by atoms with van der Waals surface area (Å²) in [5, 5.41) is 14.3. The van der Waals surface area contributed by atoms with Crippen LogP contribution in [0.1, 0.15) is 79.7 Å². The molecular weight excluding hydrogens is 376 g/mol. The second-order valence-corrected chi connectivity index (χ2v) is 6.40. The number of anilines is 1. The third-order valence-corrected chi connectivity index (χ3v) is 4.28. The fourth-order valence-electron chi connectivity index (χ4n) is 3.06. The molecule has 6 N–H and O–H groups in total. The molecule has 0 amide bonds. The van der Waals surface area contributed by atoms with Gasteiger partial charge in [0, 0.05) is 23.0 Å². The van der Waals surface area contributed by atoms with E-state index >= 15 is 0 Å². The van der Waals surface area contributed by atoms with Gasteiger partial charge in [-0.15, -0.1) is 0 Å². The molecule has 6 heteroatoms. The molecule has 1 aliphatic rings. The number of nitrogens with zero attached hydrogens (tertiary/aromatic N) is 1. The molecule has 0 unspecified atom stereocenters. The van der Waals surface area contributed by atoms with E-state index in [9.17, 15) is 0 Å². The van der Waals surface area contributed by atoms with E-state index in [1.165, 1.54) is 35.8 Å². The van der Waals surface area contributed by atoms with Crippen LogP contribution in [-0.2, 0) is 4.79 Å². The minimum Gasteiger partial charge on any atom is -0.483 e. The van der Waals surface area contributed by atoms with E-state index in [1.54, 1.807) is 12.1 Å². The molecule has 1 aromatic rings. The fraction of sp³-hybridized carbons (Fsp3) is 0.458. The number of amidine groups is 1. The maximum atomic E-state index is 8.36. The van der Waals surface area contributed by atoms with Crippen LogP contribution >= 0.6 is 0 Å². The summed E-state index contributed by atoms with van der Waals surface area (Å²) in [6.45, 7) is 14.1. The number of benzene rings is 1. The van der Waals surface area contributed by atoms with Crippen LogP contribution in [0.5, 0.6) is 0 Å². The molecule has 0 spiro atoms. The number of nitrogen functional groups attached to an aromatic ring is 1. The van der Waals surface area contributed by atoms with Gasteiger partial charge in [-0.1, -0.05) is 38.8 Å². The molecule has 0 heterocycles. The van der Waals surface area contributed by atoms with E-state index in [-0.39, 0.29) is 6.47 Å². The normalized spacial score (nSPS) is 12.7. The highest BCUT2D eigenvalue weighted by molar-refractivity contribution is 6.03. The van der Waals surface area contributed by atoms with Gasteiger partial charge in [0.15, 0.2) is 0 Å². The Morgan fingerprint density at radius 2 is 1.67 bits per heavy atom. The third kappa shape index (κ3) is 9.54. The topological polar surface area (TPSA) is 126 Å². The Labute approximate surface area is 182 Å². The Hall–Kier alpha value is -2.89. The first-order valence-electron chi connectivity index (χ1n) is 10.5. The molecule has 0 saturated heterocycles. The predicted molar refractivity (Wildman–Crippen MR) is 131 cm³/mol. The van der Waals surface area contributed by atoms with Crippen LogP contribution in [0.4, 0.5) is 11.4 Å². The second kappa shape index (κ2) is 17.0. The standard InChI is InChI=1S/C19H26N4.2C2H6.CH2O2/c1-12(2)18(16-7-5-4-6-13(16)3)19(22)23-15-8-9-17(21)14(10-15)11-20;2*1-2;2-1-3/h8-11,20H,4-7,21H2,1-3H3,(H2,22,23);2*1-2H3;1H,(H,2,3). The monoisotopic (exact) mass is 416 g/mol. The smallest absolute Gasteiger partial charge is 0.290 e. The van der Waals surface area contributed by atoms with Crippen LogP contribution in [0.15, 0.2) is 45.5 Å². The highest BCUT2D eigenvalue weighted by Gasteiger charge is 2.17. The Bertz CT molecular complexity index is 758. The molecule has 0 radical (unpaired) electrons. The van der Waals surface area contributed by atoms with Crippen molar-refractivity contribution in [2.75, 3.05) is 5.73 Å². The fourth-order valence-corrected chi connectivity index (χ4v) is 3.06. The van der Waals surface area contributed by atoms with E-state index in [1.807, 2.05) is 33.8 Å². The first kappa shape index (κ1) is 29.3. The predicted octanol–water partition coefficient (Wildman–Crippen LogP) is 6.24. The molecule has 168 valence electrons. The van der Waals surface area contributed by atoms with Crippen molar-refractivity contribution in [3.05, 3.63) is 46.1 Å².